The van der Waals surface area contributed by atoms with E-state index in [0.717, 1.165) is 27.7 Å². The standard InChI is InChI=1S/C29H30O13/c1-15(30)22-12-11-21(40-28(35)20-9-7-6-8-10-20)13-23(22)41-29-27(39-19(5)34)26(38-18(4)33)25(37-17(3)32)24(42-29)14-36-16(2)31/h6-13,24-27,29H,14H2,1-5H3/t24-,25-,26+,27-,29+/m1/s1. The van der Waals surface area contributed by atoms with Crippen molar-refractivity contribution in [3.8, 4) is 11.5 Å². The molecule has 1 aliphatic heterocycles. The van der Waals surface area contributed by atoms with Crippen molar-refractivity contribution in [3.63, 3.8) is 0 Å². The van der Waals surface area contributed by atoms with E-state index in [1.54, 1.807) is 30.3 Å². The normalized spacial score (nSPS) is 21.3. The highest BCUT2D eigenvalue weighted by molar-refractivity contribution is 5.97. The molecule has 13 nitrogen and oxygen atoms in total. The molecule has 0 aromatic heterocycles. The Hall–Kier alpha value is -4.78. The quantitative estimate of drug-likeness (QED) is 0.173. The summed E-state index contributed by atoms with van der Waals surface area (Å²) in [4.78, 5) is 72.7. The first kappa shape index (κ1) is 31.7. The molecule has 42 heavy (non-hydrogen) atoms. The van der Waals surface area contributed by atoms with Gasteiger partial charge in [-0.05, 0) is 31.2 Å². The summed E-state index contributed by atoms with van der Waals surface area (Å²) in [7, 11) is 0. The Balaban J connectivity index is 2.03. The Bertz CT molecular complexity index is 1340. The minimum atomic E-state index is -1.59. The Morgan fingerprint density at radius 2 is 1.31 bits per heavy atom. The minimum absolute atomic E-state index is 0.00878. The lowest BCUT2D eigenvalue weighted by molar-refractivity contribution is -0.288. The lowest BCUT2D eigenvalue weighted by atomic mass is 9.98. The summed E-state index contributed by atoms with van der Waals surface area (Å²) < 4.78 is 38.6. The molecule has 1 saturated heterocycles. The second kappa shape index (κ2) is 14.2. The first-order valence-corrected chi connectivity index (χ1v) is 12.7. The highest BCUT2D eigenvalue weighted by Gasteiger charge is 2.53. The number of hydrogen-bond donors (Lipinski definition) is 0. The summed E-state index contributed by atoms with van der Waals surface area (Å²) in [6, 6.07) is 12.2. The van der Waals surface area contributed by atoms with E-state index < -0.39 is 72.9 Å². The van der Waals surface area contributed by atoms with E-state index in [9.17, 15) is 28.8 Å². The van der Waals surface area contributed by atoms with Crippen LogP contribution in [0.25, 0.3) is 0 Å². The third kappa shape index (κ3) is 8.61. The molecule has 5 atom stereocenters. The Labute approximate surface area is 240 Å². The van der Waals surface area contributed by atoms with Gasteiger partial charge in [0, 0.05) is 33.8 Å². The smallest absolute Gasteiger partial charge is 0.343 e. The first-order valence-electron chi connectivity index (χ1n) is 12.7. The first-order chi connectivity index (χ1) is 19.8. The van der Waals surface area contributed by atoms with Gasteiger partial charge in [0.1, 0.15) is 24.2 Å². The topological polar surface area (TPSA) is 167 Å². The molecule has 0 radical (unpaired) electrons. The van der Waals surface area contributed by atoms with Gasteiger partial charge in [0.2, 0.25) is 12.4 Å². The molecule has 0 spiro atoms. The second-order valence-corrected chi connectivity index (χ2v) is 9.16. The molecule has 2 aromatic carbocycles. The predicted octanol–water partition coefficient (Wildman–Crippen LogP) is 2.57. The van der Waals surface area contributed by atoms with Crippen molar-refractivity contribution in [1.29, 1.82) is 0 Å². The Morgan fingerprint density at radius 3 is 1.88 bits per heavy atom. The van der Waals surface area contributed by atoms with Gasteiger partial charge in [0.25, 0.3) is 0 Å². The number of carbonyl (C=O) groups is 6. The monoisotopic (exact) mass is 586 g/mol. The van der Waals surface area contributed by atoms with E-state index in [2.05, 4.69) is 0 Å². The number of Topliss-reactive ketones (excluding diaryl/α,β-unsaturated/α-hetero) is 1. The van der Waals surface area contributed by atoms with E-state index in [1.807, 2.05) is 0 Å². The number of ketones is 1. The minimum Gasteiger partial charge on any atom is -0.463 e. The van der Waals surface area contributed by atoms with Gasteiger partial charge >= 0.3 is 29.8 Å². The molecule has 0 amide bonds. The third-order valence-corrected chi connectivity index (χ3v) is 5.74. The lowest BCUT2D eigenvalue weighted by Crippen LogP contribution is -2.63. The highest BCUT2D eigenvalue weighted by Crippen LogP contribution is 2.34. The molecule has 0 aliphatic carbocycles. The lowest BCUT2D eigenvalue weighted by Gasteiger charge is -2.44. The summed E-state index contributed by atoms with van der Waals surface area (Å²) in [5.41, 5.74) is 0.317. The molecule has 224 valence electrons. The zero-order valence-corrected chi connectivity index (χ0v) is 23.5. The molecule has 1 fully saturated rings. The summed E-state index contributed by atoms with van der Waals surface area (Å²) >= 11 is 0. The molecular formula is C29H30O13. The largest absolute Gasteiger partial charge is 0.463 e. The van der Waals surface area contributed by atoms with Crippen LogP contribution in [-0.2, 0) is 42.9 Å². The number of rotatable bonds is 10. The van der Waals surface area contributed by atoms with E-state index in [4.69, 9.17) is 33.2 Å². The van der Waals surface area contributed by atoms with Gasteiger partial charge in [0.15, 0.2) is 18.0 Å². The van der Waals surface area contributed by atoms with Crippen molar-refractivity contribution in [3.05, 3.63) is 59.7 Å². The van der Waals surface area contributed by atoms with Crippen molar-refractivity contribution in [2.45, 2.75) is 65.3 Å². The van der Waals surface area contributed by atoms with Crippen LogP contribution in [0.15, 0.2) is 48.5 Å². The van der Waals surface area contributed by atoms with Gasteiger partial charge in [-0.1, -0.05) is 18.2 Å². The van der Waals surface area contributed by atoms with Crippen LogP contribution in [-0.4, -0.2) is 72.9 Å². The maximum atomic E-state index is 12.6. The molecule has 13 heteroatoms. The van der Waals surface area contributed by atoms with Crippen molar-refractivity contribution in [2.75, 3.05) is 6.61 Å². The highest BCUT2D eigenvalue weighted by atomic mass is 16.7. The van der Waals surface area contributed by atoms with E-state index >= 15 is 0 Å². The number of esters is 5. The van der Waals surface area contributed by atoms with Gasteiger partial charge in [-0.15, -0.1) is 0 Å². The second-order valence-electron chi connectivity index (χ2n) is 9.16. The molecule has 3 rings (SSSR count). The fraction of sp³-hybridized carbons (Fsp3) is 0.379. The van der Waals surface area contributed by atoms with Crippen LogP contribution in [0.2, 0.25) is 0 Å². The molecule has 2 aromatic rings. The molecular weight excluding hydrogens is 556 g/mol. The van der Waals surface area contributed by atoms with Gasteiger partial charge in [-0.3, -0.25) is 24.0 Å². The van der Waals surface area contributed by atoms with Crippen molar-refractivity contribution in [1.82, 2.24) is 0 Å². The van der Waals surface area contributed by atoms with E-state index in [-0.39, 0.29) is 22.6 Å². The molecule has 0 saturated carbocycles. The molecule has 1 heterocycles. The van der Waals surface area contributed by atoms with Gasteiger partial charge in [0.05, 0.1) is 11.1 Å². The number of ether oxygens (including phenoxy) is 7. The maximum Gasteiger partial charge on any atom is 0.343 e. The Morgan fingerprint density at radius 1 is 0.714 bits per heavy atom. The van der Waals surface area contributed by atoms with Crippen LogP contribution in [0, 0.1) is 0 Å². The van der Waals surface area contributed by atoms with E-state index in [1.165, 1.54) is 25.1 Å². The molecule has 0 bridgehead atoms. The van der Waals surface area contributed by atoms with Crippen LogP contribution < -0.4 is 9.47 Å². The van der Waals surface area contributed by atoms with Crippen LogP contribution in [0.5, 0.6) is 11.5 Å². The number of hydrogen-bond acceptors (Lipinski definition) is 13. The van der Waals surface area contributed by atoms with Crippen molar-refractivity contribution < 1.29 is 61.9 Å². The summed E-state index contributed by atoms with van der Waals surface area (Å²) in [6.07, 6.45) is -7.25. The summed E-state index contributed by atoms with van der Waals surface area (Å²) in [5, 5.41) is 0. The van der Waals surface area contributed by atoms with Crippen LogP contribution in [0.1, 0.15) is 55.3 Å². The average Bonchev–Trinajstić information content (AvgIpc) is 2.90. The molecule has 0 unspecified atom stereocenters. The zero-order chi connectivity index (χ0) is 31.0. The summed E-state index contributed by atoms with van der Waals surface area (Å²) in [5.74, 6) is -4.36. The van der Waals surface area contributed by atoms with Crippen LogP contribution >= 0.6 is 0 Å². The zero-order valence-electron chi connectivity index (χ0n) is 23.5. The molecule has 0 N–H and O–H groups in total. The van der Waals surface area contributed by atoms with Crippen LogP contribution in [0.4, 0.5) is 0 Å². The van der Waals surface area contributed by atoms with Gasteiger partial charge in [-0.25, -0.2) is 4.79 Å². The fourth-order valence-electron chi connectivity index (χ4n) is 4.10. The third-order valence-electron chi connectivity index (χ3n) is 5.74. The maximum absolute atomic E-state index is 12.6. The number of benzene rings is 2. The fourth-order valence-corrected chi connectivity index (χ4v) is 4.10. The Kier molecular flexibility index (Phi) is 10.7. The van der Waals surface area contributed by atoms with Gasteiger partial charge in [-0.2, -0.15) is 0 Å². The van der Waals surface area contributed by atoms with E-state index in [0.29, 0.717) is 0 Å². The SMILES string of the molecule is CC(=O)OC[C@H]1O[C@H](Oc2cc(OC(=O)c3ccccc3)ccc2C(C)=O)[C@H](OC(C)=O)[C@@H](OC(C)=O)[C@@H]1OC(C)=O. The molecule has 1 aliphatic rings. The summed E-state index contributed by atoms with van der Waals surface area (Å²) in [6.45, 7) is 5.21. The van der Waals surface area contributed by atoms with Crippen molar-refractivity contribution >= 4 is 35.6 Å². The predicted molar refractivity (Wildman–Crippen MR) is 140 cm³/mol. The van der Waals surface area contributed by atoms with Crippen LogP contribution in [0.3, 0.4) is 0 Å². The average molecular weight is 587 g/mol. The number of carbonyl (C=O) groups excluding carboxylic acids is 6. The van der Waals surface area contributed by atoms with Gasteiger partial charge < -0.3 is 33.2 Å². The van der Waals surface area contributed by atoms with Crippen molar-refractivity contribution in [2.24, 2.45) is 0 Å².